The number of hydrogen-bond donors (Lipinski definition) is 1. The minimum Gasteiger partial charge on any atom is -0.466 e. The van der Waals surface area contributed by atoms with Crippen LogP contribution in [0.1, 0.15) is 44.0 Å². The van der Waals surface area contributed by atoms with Crippen molar-refractivity contribution in [2.75, 3.05) is 49.1 Å². The average Bonchev–Trinajstić information content (AvgIpc) is 3.35. The Hall–Kier alpha value is -4.29. The van der Waals surface area contributed by atoms with Gasteiger partial charge in [-0.2, -0.15) is 0 Å². The van der Waals surface area contributed by atoms with Gasteiger partial charge in [0.05, 0.1) is 24.4 Å². The lowest BCUT2D eigenvalue weighted by Crippen LogP contribution is -2.56. The zero-order valence-corrected chi connectivity index (χ0v) is 23.8. The maximum absolute atomic E-state index is 15.3. The van der Waals surface area contributed by atoms with E-state index in [1.807, 2.05) is 13.8 Å². The van der Waals surface area contributed by atoms with Gasteiger partial charge in [0, 0.05) is 57.1 Å². The highest BCUT2D eigenvalue weighted by Crippen LogP contribution is 2.32. The first-order valence-corrected chi connectivity index (χ1v) is 14.0. The van der Waals surface area contributed by atoms with Crippen molar-refractivity contribution in [3.05, 3.63) is 53.9 Å². The molecular weight excluding hydrogens is 552 g/mol. The van der Waals surface area contributed by atoms with Gasteiger partial charge in [0.15, 0.2) is 11.6 Å². The fourth-order valence-corrected chi connectivity index (χ4v) is 4.99. The van der Waals surface area contributed by atoms with Crippen molar-refractivity contribution in [3.8, 4) is 0 Å². The number of anilines is 2. The van der Waals surface area contributed by atoms with Gasteiger partial charge in [-0.15, -0.1) is 0 Å². The smallest absolute Gasteiger partial charge is 0.414 e. The van der Waals surface area contributed by atoms with Crippen molar-refractivity contribution in [1.29, 1.82) is 0 Å². The summed E-state index contributed by atoms with van der Waals surface area (Å²) in [7, 11) is 0. The molecule has 2 saturated heterocycles. The Morgan fingerprint density at radius 2 is 1.83 bits per heavy atom. The second-order valence-corrected chi connectivity index (χ2v) is 10.5. The molecule has 2 aliphatic rings. The van der Waals surface area contributed by atoms with Crippen molar-refractivity contribution in [2.45, 2.75) is 45.8 Å². The maximum atomic E-state index is 15.3. The van der Waals surface area contributed by atoms with Gasteiger partial charge in [-0.3, -0.25) is 24.3 Å². The zero-order valence-electron chi connectivity index (χ0n) is 23.8. The minimum absolute atomic E-state index is 0.00957. The average molecular weight is 588 g/mol. The first-order valence-electron chi connectivity index (χ1n) is 14.0. The summed E-state index contributed by atoms with van der Waals surface area (Å²) < 4.78 is 40.6. The first kappa shape index (κ1) is 30.7. The summed E-state index contributed by atoms with van der Waals surface area (Å²) in [5, 5.41) is 2.78. The van der Waals surface area contributed by atoms with E-state index in [9.17, 15) is 19.2 Å². The number of ether oxygens (including phenoxy) is 2. The van der Waals surface area contributed by atoms with Crippen molar-refractivity contribution >= 4 is 35.3 Å². The molecule has 0 unspecified atom stereocenters. The molecule has 1 aromatic heterocycles. The Morgan fingerprint density at radius 3 is 2.43 bits per heavy atom. The monoisotopic (exact) mass is 587 g/mol. The standard InChI is InChI=1S/C29H35F2N5O6/c1-4-41-24(37)8-7-21-17-36(29(40)42-21)20-14-22(30)26(23(31)15-20)34-10-12-35(13-11-34)28(39)25(18(2)3)33-27(38)19-6-5-9-32-16-19/h5-6,9,14-16,18,21,25H,4,7-8,10-13,17H2,1-3H3,(H,33,38)/t21-,25-/m0/s1. The van der Waals surface area contributed by atoms with Crippen LogP contribution in [-0.2, 0) is 19.1 Å². The highest BCUT2D eigenvalue weighted by Gasteiger charge is 2.35. The molecule has 1 N–H and O–H groups in total. The molecule has 0 saturated carbocycles. The summed E-state index contributed by atoms with van der Waals surface area (Å²) in [4.78, 5) is 58.1. The zero-order chi connectivity index (χ0) is 30.4. The third kappa shape index (κ3) is 7.12. The fraction of sp³-hybridized carbons (Fsp3) is 0.483. The largest absolute Gasteiger partial charge is 0.466 e. The van der Waals surface area contributed by atoms with Gasteiger partial charge in [-0.1, -0.05) is 13.8 Å². The van der Waals surface area contributed by atoms with E-state index < -0.39 is 41.7 Å². The number of rotatable bonds is 10. The van der Waals surface area contributed by atoms with Gasteiger partial charge in [0.2, 0.25) is 5.91 Å². The van der Waals surface area contributed by atoms with Crippen molar-refractivity contribution in [3.63, 3.8) is 0 Å². The van der Waals surface area contributed by atoms with Crippen LogP contribution < -0.4 is 15.1 Å². The number of benzene rings is 1. The number of piperazine rings is 1. The van der Waals surface area contributed by atoms with Crippen molar-refractivity contribution in [1.82, 2.24) is 15.2 Å². The highest BCUT2D eigenvalue weighted by atomic mass is 19.1. The lowest BCUT2D eigenvalue weighted by atomic mass is 10.0. The quantitative estimate of drug-likeness (QED) is 0.421. The molecule has 2 atom stereocenters. The molecule has 0 radical (unpaired) electrons. The van der Waals surface area contributed by atoms with E-state index in [2.05, 4.69) is 10.3 Å². The van der Waals surface area contributed by atoms with Gasteiger partial charge in [0.1, 0.15) is 17.8 Å². The summed E-state index contributed by atoms with van der Waals surface area (Å²) in [6.07, 6.45) is 1.90. The number of amides is 3. The summed E-state index contributed by atoms with van der Waals surface area (Å²) in [5.74, 6) is -2.99. The van der Waals surface area contributed by atoms with Crippen LogP contribution in [0.15, 0.2) is 36.7 Å². The molecule has 3 heterocycles. The molecule has 3 amide bonds. The van der Waals surface area contributed by atoms with Crippen LogP contribution in [0.4, 0.5) is 25.0 Å². The fourth-order valence-electron chi connectivity index (χ4n) is 4.99. The van der Waals surface area contributed by atoms with Crippen molar-refractivity contribution < 1.29 is 37.4 Å². The van der Waals surface area contributed by atoms with E-state index in [4.69, 9.17) is 9.47 Å². The second kappa shape index (κ2) is 13.6. The molecule has 2 aliphatic heterocycles. The molecule has 42 heavy (non-hydrogen) atoms. The summed E-state index contributed by atoms with van der Waals surface area (Å²) in [6.45, 7) is 6.38. The molecule has 11 nitrogen and oxygen atoms in total. The van der Waals surface area contributed by atoms with Crippen molar-refractivity contribution in [2.24, 2.45) is 5.92 Å². The van der Waals surface area contributed by atoms with E-state index >= 15 is 8.78 Å². The van der Waals surface area contributed by atoms with E-state index in [1.54, 1.807) is 30.2 Å². The lowest BCUT2D eigenvalue weighted by molar-refractivity contribution is -0.143. The molecule has 0 spiro atoms. The summed E-state index contributed by atoms with van der Waals surface area (Å²) >= 11 is 0. The van der Waals surface area contributed by atoms with E-state index in [0.717, 1.165) is 17.0 Å². The number of cyclic esters (lactones) is 1. The number of nitrogens with zero attached hydrogens (tertiary/aromatic N) is 4. The number of aromatic nitrogens is 1. The molecular formula is C29H35F2N5O6. The molecule has 2 aromatic rings. The third-order valence-electron chi connectivity index (χ3n) is 7.21. The van der Waals surface area contributed by atoms with E-state index in [-0.39, 0.29) is 75.4 Å². The first-order chi connectivity index (χ1) is 20.1. The Kier molecular flexibility index (Phi) is 9.92. The number of carbonyl (C=O) groups excluding carboxylic acids is 4. The second-order valence-electron chi connectivity index (χ2n) is 10.5. The Morgan fingerprint density at radius 1 is 1.14 bits per heavy atom. The molecule has 4 rings (SSSR count). The SMILES string of the molecule is CCOC(=O)CC[C@H]1CN(c2cc(F)c(N3CCN(C(=O)[C@@H](NC(=O)c4cccnc4)C(C)C)CC3)c(F)c2)C(=O)O1. The van der Waals surface area contributed by atoms with Crippen LogP contribution in [0.5, 0.6) is 0 Å². The van der Waals surface area contributed by atoms with E-state index in [1.165, 1.54) is 11.1 Å². The molecule has 226 valence electrons. The number of nitrogens with one attached hydrogen (secondary N) is 1. The van der Waals surface area contributed by atoms with Gasteiger partial charge in [0.25, 0.3) is 5.91 Å². The van der Waals surface area contributed by atoms with E-state index in [0.29, 0.717) is 5.56 Å². The highest BCUT2D eigenvalue weighted by molar-refractivity contribution is 5.97. The topological polar surface area (TPSA) is 121 Å². The molecule has 2 fully saturated rings. The van der Waals surface area contributed by atoms with Crippen LogP contribution in [0.2, 0.25) is 0 Å². The van der Waals surface area contributed by atoms with Gasteiger partial charge >= 0.3 is 12.1 Å². The molecule has 13 heteroatoms. The Bertz CT molecular complexity index is 1280. The number of pyridine rings is 1. The number of esters is 1. The number of carbonyl (C=O) groups is 4. The van der Waals surface area contributed by atoms with Crippen LogP contribution in [-0.4, -0.2) is 85.2 Å². The van der Waals surface area contributed by atoms with Gasteiger partial charge in [-0.25, -0.2) is 13.6 Å². The van der Waals surface area contributed by atoms with Crippen LogP contribution >= 0.6 is 0 Å². The number of halogens is 2. The summed E-state index contributed by atoms with van der Waals surface area (Å²) in [6, 6.07) is 4.61. The predicted molar refractivity (Wildman–Crippen MR) is 149 cm³/mol. The number of hydrogen-bond acceptors (Lipinski definition) is 8. The normalized spacial score (nSPS) is 17.7. The third-order valence-corrected chi connectivity index (χ3v) is 7.21. The van der Waals surface area contributed by atoms with Crippen LogP contribution in [0.25, 0.3) is 0 Å². The van der Waals surface area contributed by atoms with Gasteiger partial charge < -0.3 is 24.6 Å². The Balaban J connectivity index is 1.37. The van der Waals surface area contributed by atoms with Gasteiger partial charge in [-0.05, 0) is 31.4 Å². The Labute approximate surface area is 242 Å². The molecule has 0 aliphatic carbocycles. The maximum Gasteiger partial charge on any atom is 0.414 e. The molecule has 1 aromatic carbocycles. The summed E-state index contributed by atoms with van der Waals surface area (Å²) in [5.41, 5.74) is 0.0995. The molecule has 0 bridgehead atoms. The predicted octanol–water partition coefficient (Wildman–Crippen LogP) is 3.13. The minimum atomic E-state index is -0.851. The lowest BCUT2D eigenvalue weighted by Gasteiger charge is -2.38. The van der Waals surface area contributed by atoms with Crippen LogP contribution in [0.3, 0.4) is 0 Å². The van der Waals surface area contributed by atoms with Crippen LogP contribution in [0, 0.1) is 17.6 Å².